The topological polar surface area (TPSA) is 111 Å². The van der Waals surface area contributed by atoms with Crippen LogP contribution in [-0.2, 0) is 28.6 Å². The molecule has 0 radical (unpaired) electrons. The lowest BCUT2D eigenvalue weighted by atomic mass is 9.50. The molecule has 2 amide bonds. The Labute approximate surface area is 308 Å². The molecule has 4 aliphatic rings. The van der Waals surface area contributed by atoms with Crippen molar-refractivity contribution in [1.82, 2.24) is 10.2 Å². The quantitative estimate of drug-likeness (QED) is 0.0617. The number of hydrogen-bond donors (Lipinski definition) is 1. The summed E-state index contributed by atoms with van der Waals surface area (Å²) in [5.74, 6) is 4.92. The largest absolute Gasteiger partial charge is 0.466 e. The van der Waals surface area contributed by atoms with Crippen molar-refractivity contribution in [3.8, 4) is 0 Å². The standard InChI is InChI=1S/C42H70N2O7/c1-7-49-39(46)23-26-44(28-40(47)50-8-2)38(45)15-10-9-11-25-43-41(48)51-32-22-24-42(6)31(27-32)16-17-36-35-19-18-33(34(35)20-21-37(36)42)30(5)14-12-13-29(3)4/h16,29-30,32-37H,7-15,17-28H2,1-6H3,(H,43,48)/t30?,32-,33?,34?,35?,36?,37?,42-/m0/s1. The molecule has 4 rings (SSSR count). The Morgan fingerprint density at radius 1 is 0.863 bits per heavy atom. The molecule has 6 unspecified atom stereocenters. The number of allylic oxidation sites excluding steroid dienone is 1. The van der Waals surface area contributed by atoms with Gasteiger partial charge in [0.2, 0.25) is 5.91 Å². The molecule has 9 heteroatoms. The van der Waals surface area contributed by atoms with Crippen LogP contribution in [-0.4, -0.2) is 67.8 Å². The molecule has 3 fully saturated rings. The van der Waals surface area contributed by atoms with Crippen molar-refractivity contribution in [2.75, 3.05) is 32.8 Å². The maximum absolute atomic E-state index is 12.8. The first-order valence-electron chi connectivity index (χ1n) is 20.7. The third-order valence-corrected chi connectivity index (χ3v) is 13.1. The van der Waals surface area contributed by atoms with Crippen LogP contribution in [0.3, 0.4) is 0 Å². The van der Waals surface area contributed by atoms with Crippen molar-refractivity contribution < 1.29 is 33.4 Å². The lowest BCUT2D eigenvalue weighted by Gasteiger charge is -2.55. The maximum atomic E-state index is 12.8. The molecule has 9 nitrogen and oxygen atoms in total. The van der Waals surface area contributed by atoms with Crippen LogP contribution >= 0.6 is 0 Å². The molecule has 3 saturated carbocycles. The van der Waals surface area contributed by atoms with Crippen LogP contribution in [0.25, 0.3) is 0 Å². The first kappa shape index (κ1) is 41.2. The highest BCUT2D eigenvalue weighted by Crippen LogP contribution is 2.63. The zero-order chi connectivity index (χ0) is 37.0. The van der Waals surface area contributed by atoms with Gasteiger partial charge in [0, 0.05) is 25.9 Å². The van der Waals surface area contributed by atoms with Gasteiger partial charge in [0.05, 0.1) is 19.6 Å². The Balaban J connectivity index is 1.16. The van der Waals surface area contributed by atoms with Gasteiger partial charge in [0.1, 0.15) is 12.6 Å². The van der Waals surface area contributed by atoms with Gasteiger partial charge in [-0.05, 0) is 118 Å². The summed E-state index contributed by atoms with van der Waals surface area (Å²) in [5, 5.41) is 2.92. The highest BCUT2D eigenvalue weighted by molar-refractivity contribution is 5.82. The van der Waals surface area contributed by atoms with E-state index in [4.69, 9.17) is 14.2 Å². The molecular weight excluding hydrogens is 644 g/mol. The van der Waals surface area contributed by atoms with Crippen molar-refractivity contribution in [3.63, 3.8) is 0 Å². The van der Waals surface area contributed by atoms with E-state index < -0.39 is 11.9 Å². The first-order chi connectivity index (χ1) is 24.5. The molecule has 0 spiro atoms. The zero-order valence-corrected chi connectivity index (χ0v) is 32.9. The Kier molecular flexibility index (Phi) is 16.2. The summed E-state index contributed by atoms with van der Waals surface area (Å²) in [5.41, 5.74) is 1.78. The van der Waals surface area contributed by atoms with E-state index in [-0.39, 0.29) is 62.7 Å². The molecule has 0 heterocycles. The molecule has 0 bridgehead atoms. The summed E-state index contributed by atoms with van der Waals surface area (Å²) in [6.07, 6.45) is 18.4. The van der Waals surface area contributed by atoms with Crippen LogP contribution < -0.4 is 5.32 Å². The van der Waals surface area contributed by atoms with Crippen molar-refractivity contribution >= 4 is 23.9 Å². The van der Waals surface area contributed by atoms with Crippen molar-refractivity contribution in [3.05, 3.63) is 11.6 Å². The van der Waals surface area contributed by atoms with Crippen molar-refractivity contribution in [2.45, 2.75) is 150 Å². The Hall–Kier alpha value is -2.58. The highest BCUT2D eigenvalue weighted by atomic mass is 16.6. The van der Waals surface area contributed by atoms with Gasteiger partial charge in [0.25, 0.3) is 0 Å². The number of nitrogens with one attached hydrogen (secondary N) is 1. The summed E-state index contributed by atoms with van der Waals surface area (Å²) in [4.78, 5) is 50.7. The summed E-state index contributed by atoms with van der Waals surface area (Å²) in [6.45, 7) is 14.1. The molecular formula is C42H70N2O7. The molecule has 0 aromatic rings. The average Bonchev–Trinajstić information content (AvgIpc) is 3.53. The van der Waals surface area contributed by atoms with Crippen LogP contribution in [0.1, 0.15) is 144 Å². The minimum Gasteiger partial charge on any atom is -0.466 e. The van der Waals surface area contributed by atoms with E-state index in [1.807, 2.05) is 0 Å². The zero-order valence-electron chi connectivity index (χ0n) is 32.9. The van der Waals surface area contributed by atoms with Gasteiger partial charge >= 0.3 is 18.0 Å². The Morgan fingerprint density at radius 2 is 1.61 bits per heavy atom. The van der Waals surface area contributed by atoms with Gasteiger partial charge in [-0.2, -0.15) is 0 Å². The number of amides is 2. The summed E-state index contributed by atoms with van der Waals surface area (Å²) in [6, 6.07) is 0. The molecule has 51 heavy (non-hydrogen) atoms. The first-order valence-corrected chi connectivity index (χ1v) is 20.7. The molecule has 290 valence electrons. The van der Waals surface area contributed by atoms with E-state index >= 15 is 0 Å². The van der Waals surface area contributed by atoms with Crippen LogP contribution in [0.4, 0.5) is 4.79 Å². The maximum Gasteiger partial charge on any atom is 0.407 e. The van der Waals surface area contributed by atoms with E-state index in [9.17, 15) is 19.2 Å². The summed E-state index contributed by atoms with van der Waals surface area (Å²) >= 11 is 0. The number of alkyl carbamates (subject to hydrolysis) is 1. The molecule has 4 aliphatic carbocycles. The average molecular weight is 715 g/mol. The number of unbranched alkanes of at least 4 members (excludes halogenated alkanes) is 2. The smallest absolute Gasteiger partial charge is 0.407 e. The van der Waals surface area contributed by atoms with Gasteiger partial charge in [-0.3, -0.25) is 14.4 Å². The minimum absolute atomic E-state index is 0.0309. The number of esters is 2. The fourth-order valence-corrected chi connectivity index (χ4v) is 10.4. The van der Waals surface area contributed by atoms with E-state index in [0.29, 0.717) is 13.0 Å². The lowest BCUT2D eigenvalue weighted by molar-refractivity contribution is -0.150. The number of carbonyl (C=O) groups excluding carboxylic acids is 4. The van der Waals surface area contributed by atoms with Gasteiger partial charge in [-0.25, -0.2) is 4.79 Å². The summed E-state index contributed by atoms with van der Waals surface area (Å²) < 4.78 is 15.9. The molecule has 0 saturated heterocycles. The molecule has 0 aromatic carbocycles. The number of carbonyl (C=O) groups is 4. The van der Waals surface area contributed by atoms with E-state index in [1.165, 1.54) is 61.8 Å². The monoisotopic (exact) mass is 715 g/mol. The highest BCUT2D eigenvalue weighted by Gasteiger charge is 2.54. The van der Waals surface area contributed by atoms with Crippen molar-refractivity contribution in [2.24, 2.45) is 46.8 Å². The van der Waals surface area contributed by atoms with E-state index in [0.717, 1.165) is 73.5 Å². The van der Waals surface area contributed by atoms with Gasteiger partial charge < -0.3 is 24.4 Å². The van der Waals surface area contributed by atoms with E-state index in [1.54, 1.807) is 13.8 Å². The fourth-order valence-electron chi connectivity index (χ4n) is 10.4. The summed E-state index contributed by atoms with van der Waals surface area (Å²) in [7, 11) is 0. The number of rotatable bonds is 19. The SMILES string of the molecule is CCOC(=O)CCN(CC(=O)OCC)C(=O)CCCCCNC(=O)O[C@H]1CC[C@@]2(C)C(=CCC3C4CCC(C(C)CCCC(C)C)C4CCC32)C1. The predicted octanol–water partition coefficient (Wildman–Crippen LogP) is 8.64. The van der Waals surface area contributed by atoms with Gasteiger partial charge in [-0.1, -0.05) is 65.0 Å². The van der Waals surface area contributed by atoms with E-state index in [2.05, 4.69) is 39.1 Å². The number of fused-ring (bicyclic) bond motifs is 5. The Morgan fingerprint density at radius 3 is 2.35 bits per heavy atom. The second kappa shape index (κ2) is 20.0. The lowest BCUT2D eigenvalue weighted by Crippen LogP contribution is -2.48. The van der Waals surface area contributed by atoms with Crippen LogP contribution in [0.5, 0.6) is 0 Å². The third-order valence-electron chi connectivity index (χ3n) is 13.1. The number of hydrogen-bond acceptors (Lipinski definition) is 7. The van der Waals surface area contributed by atoms with Crippen molar-refractivity contribution in [1.29, 1.82) is 0 Å². The second-order valence-electron chi connectivity index (χ2n) is 16.8. The number of ether oxygens (including phenoxy) is 3. The minimum atomic E-state index is -0.494. The molecule has 0 aromatic heterocycles. The predicted molar refractivity (Wildman–Crippen MR) is 200 cm³/mol. The number of nitrogens with zero attached hydrogens (tertiary/aromatic N) is 1. The van der Waals surface area contributed by atoms with Crippen LogP contribution in [0.2, 0.25) is 0 Å². The van der Waals surface area contributed by atoms with Crippen LogP contribution in [0.15, 0.2) is 11.6 Å². The van der Waals surface area contributed by atoms with Gasteiger partial charge in [-0.15, -0.1) is 0 Å². The van der Waals surface area contributed by atoms with Gasteiger partial charge in [0.15, 0.2) is 0 Å². The third kappa shape index (κ3) is 11.5. The fraction of sp³-hybridized carbons (Fsp3) is 0.857. The normalized spacial score (nSPS) is 28.8. The molecule has 1 N–H and O–H groups in total. The Bertz CT molecular complexity index is 1190. The second-order valence-corrected chi connectivity index (χ2v) is 16.8. The van der Waals surface area contributed by atoms with Crippen LogP contribution in [0, 0.1) is 46.8 Å². The molecule has 8 atom stereocenters. The molecule has 0 aliphatic heterocycles.